The van der Waals surface area contributed by atoms with Crippen LogP contribution in [-0.4, -0.2) is 29.0 Å². The first kappa shape index (κ1) is 14.5. The molecule has 9 heteroatoms. The third-order valence-electron chi connectivity index (χ3n) is 1.75. The second-order valence-corrected chi connectivity index (χ2v) is 3.69. The first-order valence-corrected chi connectivity index (χ1v) is 5.27. The van der Waals surface area contributed by atoms with Gasteiger partial charge >= 0.3 is 6.18 Å². The van der Waals surface area contributed by atoms with Crippen LogP contribution < -0.4 is 10.6 Å². The zero-order chi connectivity index (χ0) is 13.8. The minimum Gasteiger partial charge on any atom is -0.368 e. The number of halogens is 4. The van der Waals surface area contributed by atoms with Crippen molar-refractivity contribution in [3.8, 4) is 0 Å². The predicted octanol–water partition coefficient (Wildman–Crippen LogP) is 1.70. The Morgan fingerprint density at radius 3 is 2.61 bits per heavy atom. The maximum absolute atomic E-state index is 12.4. The van der Waals surface area contributed by atoms with Crippen LogP contribution in [0.4, 0.5) is 19.0 Å². The molecule has 5 nitrogen and oxygen atoms in total. The summed E-state index contributed by atoms with van der Waals surface area (Å²) in [7, 11) is 0. The van der Waals surface area contributed by atoms with Gasteiger partial charge in [-0.15, -0.1) is 0 Å². The lowest BCUT2D eigenvalue weighted by atomic mass is 10.5. The predicted molar refractivity (Wildman–Crippen MR) is 59.2 cm³/mol. The van der Waals surface area contributed by atoms with Crippen LogP contribution in [0.2, 0.25) is 5.15 Å². The molecule has 0 aliphatic rings. The number of amides is 1. The Morgan fingerprint density at radius 2 is 2.06 bits per heavy atom. The largest absolute Gasteiger partial charge is 0.451 e. The third kappa shape index (κ3) is 4.74. The number of hydrogen-bond acceptors (Lipinski definition) is 4. The number of carbonyl (C=O) groups excluding carboxylic acids is 1. The van der Waals surface area contributed by atoms with E-state index in [1.807, 2.05) is 0 Å². The second kappa shape index (κ2) is 5.85. The van der Waals surface area contributed by atoms with Crippen molar-refractivity contribution >= 4 is 23.3 Å². The molecule has 100 valence electrons. The first-order chi connectivity index (χ1) is 8.29. The normalized spacial score (nSPS) is 11.2. The summed E-state index contributed by atoms with van der Waals surface area (Å²) in [6, 6.07) is 1.17. The quantitative estimate of drug-likeness (QED) is 0.651. The van der Waals surface area contributed by atoms with Gasteiger partial charge in [0.15, 0.2) is 0 Å². The summed E-state index contributed by atoms with van der Waals surface area (Å²) >= 11 is 5.46. The lowest BCUT2D eigenvalue weighted by Crippen LogP contribution is -2.26. The average molecular weight is 283 g/mol. The van der Waals surface area contributed by atoms with Gasteiger partial charge in [0.2, 0.25) is 11.7 Å². The van der Waals surface area contributed by atoms with E-state index in [-0.39, 0.29) is 30.0 Å². The molecule has 1 rings (SSSR count). The Hall–Kier alpha value is -1.57. The topological polar surface area (TPSA) is 66.9 Å². The van der Waals surface area contributed by atoms with Crippen LogP contribution in [0.3, 0.4) is 0 Å². The van der Waals surface area contributed by atoms with Gasteiger partial charge in [-0.1, -0.05) is 11.6 Å². The van der Waals surface area contributed by atoms with E-state index in [9.17, 15) is 18.0 Å². The van der Waals surface area contributed by atoms with Gasteiger partial charge in [0.1, 0.15) is 11.0 Å². The molecule has 0 radical (unpaired) electrons. The van der Waals surface area contributed by atoms with Crippen molar-refractivity contribution in [2.24, 2.45) is 0 Å². The van der Waals surface area contributed by atoms with Crippen LogP contribution >= 0.6 is 11.6 Å². The number of aromatic nitrogens is 2. The maximum atomic E-state index is 12.4. The van der Waals surface area contributed by atoms with E-state index in [2.05, 4.69) is 20.6 Å². The van der Waals surface area contributed by atoms with Gasteiger partial charge in [-0.05, 0) is 0 Å². The van der Waals surface area contributed by atoms with Gasteiger partial charge in [0.25, 0.3) is 0 Å². The molecule has 1 amide bonds. The molecule has 1 heterocycles. The molecule has 0 aliphatic carbocycles. The molecule has 0 fully saturated rings. The van der Waals surface area contributed by atoms with Gasteiger partial charge in [-0.3, -0.25) is 4.79 Å². The number of carbonyl (C=O) groups is 1. The molecule has 0 saturated carbocycles. The van der Waals surface area contributed by atoms with Gasteiger partial charge < -0.3 is 10.6 Å². The van der Waals surface area contributed by atoms with Gasteiger partial charge in [0.05, 0.1) is 0 Å². The number of anilines is 1. The third-order valence-corrected chi connectivity index (χ3v) is 1.95. The van der Waals surface area contributed by atoms with E-state index in [0.717, 1.165) is 0 Å². The molecular weight excluding hydrogens is 273 g/mol. The molecule has 18 heavy (non-hydrogen) atoms. The fourth-order valence-corrected chi connectivity index (χ4v) is 1.25. The Bertz CT molecular complexity index is 438. The van der Waals surface area contributed by atoms with Crippen molar-refractivity contribution in [1.82, 2.24) is 15.3 Å². The van der Waals surface area contributed by atoms with E-state index >= 15 is 0 Å². The zero-order valence-corrected chi connectivity index (χ0v) is 10.1. The highest BCUT2D eigenvalue weighted by atomic mass is 35.5. The number of alkyl halides is 3. The second-order valence-electron chi connectivity index (χ2n) is 3.31. The summed E-state index contributed by atoms with van der Waals surface area (Å²) < 4.78 is 37.1. The van der Waals surface area contributed by atoms with Crippen molar-refractivity contribution in [1.29, 1.82) is 0 Å². The minimum atomic E-state index is -4.65. The van der Waals surface area contributed by atoms with Crippen LogP contribution in [0.25, 0.3) is 0 Å². The highest BCUT2D eigenvalue weighted by Crippen LogP contribution is 2.28. The van der Waals surface area contributed by atoms with Crippen LogP contribution in [0.1, 0.15) is 12.7 Å². The number of nitrogens with zero attached hydrogens (tertiary/aromatic N) is 2. The van der Waals surface area contributed by atoms with Crippen molar-refractivity contribution in [3.05, 3.63) is 17.0 Å². The minimum absolute atomic E-state index is 0.0484. The fourth-order valence-electron chi connectivity index (χ4n) is 1.06. The Balaban J connectivity index is 2.66. The van der Waals surface area contributed by atoms with Crippen LogP contribution in [0, 0.1) is 0 Å². The van der Waals surface area contributed by atoms with E-state index in [0.29, 0.717) is 0 Å². The van der Waals surface area contributed by atoms with Gasteiger partial charge in [-0.25, -0.2) is 9.97 Å². The molecule has 0 aromatic carbocycles. The molecule has 2 N–H and O–H groups in total. The Morgan fingerprint density at radius 1 is 1.39 bits per heavy atom. The highest BCUT2D eigenvalue weighted by molar-refractivity contribution is 6.29. The standard InChI is InChI=1S/C9H10ClF3N4O/c1-5(18)14-2-3-15-7-4-6(10)16-8(17-7)9(11,12)13/h4H,2-3H2,1H3,(H,14,18)(H,15,16,17). The zero-order valence-electron chi connectivity index (χ0n) is 9.31. The summed E-state index contributed by atoms with van der Waals surface area (Å²) in [6.45, 7) is 1.83. The van der Waals surface area contributed by atoms with Gasteiger partial charge in [-0.2, -0.15) is 13.2 Å². The summed E-state index contributed by atoms with van der Waals surface area (Å²) in [5, 5.41) is 4.77. The SMILES string of the molecule is CC(=O)NCCNc1cc(Cl)nc(C(F)(F)F)n1. The Labute approximate surface area is 106 Å². The van der Waals surface area contributed by atoms with Crippen molar-refractivity contribution < 1.29 is 18.0 Å². The molecule has 1 aromatic rings. The molecule has 0 aliphatic heterocycles. The van der Waals surface area contributed by atoms with Crippen molar-refractivity contribution in [2.45, 2.75) is 13.1 Å². The number of rotatable bonds is 4. The summed E-state index contributed by atoms with van der Waals surface area (Å²) in [5.41, 5.74) is 0. The number of hydrogen-bond donors (Lipinski definition) is 2. The number of nitrogens with one attached hydrogen (secondary N) is 2. The van der Waals surface area contributed by atoms with Crippen LogP contribution in [0.5, 0.6) is 0 Å². The Kier molecular flexibility index (Phi) is 4.71. The van der Waals surface area contributed by atoms with E-state index in [1.54, 1.807) is 0 Å². The van der Waals surface area contributed by atoms with Crippen LogP contribution in [0.15, 0.2) is 6.07 Å². The fraction of sp³-hybridized carbons (Fsp3) is 0.444. The molecule has 0 bridgehead atoms. The monoisotopic (exact) mass is 282 g/mol. The smallest absolute Gasteiger partial charge is 0.368 e. The summed E-state index contributed by atoms with van der Waals surface area (Å²) in [5.74, 6) is -1.58. The average Bonchev–Trinajstić information content (AvgIpc) is 2.22. The molecule has 0 spiro atoms. The summed E-state index contributed by atoms with van der Waals surface area (Å²) in [4.78, 5) is 16.9. The molecule has 0 unspecified atom stereocenters. The molecular formula is C9H10ClF3N4O. The lowest BCUT2D eigenvalue weighted by molar-refractivity contribution is -0.144. The molecule has 0 atom stereocenters. The van der Waals surface area contributed by atoms with Crippen molar-refractivity contribution in [2.75, 3.05) is 18.4 Å². The molecule has 1 aromatic heterocycles. The van der Waals surface area contributed by atoms with Crippen LogP contribution in [-0.2, 0) is 11.0 Å². The highest BCUT2D eigenvalue weighted by Gasteiger charge is 2.35. The van der Waals surface area contributed by atoms with E-state index in [1.165, 1.54) is 13.0 Å². The van der Waals surface area contributed by atoms with Gasteiger partial charge in [0, 0.05) is 26.1 Å². The summed E-state index contributed by atoms with van der Waals surface area (Å²) in [6.07, 6.45) is -4.65. The molecule has 0 saturated heterocycles. The van der Waals surface area contributed by atoms with E-state index in [4.69, 9.17) is 11.6 Å². The lowest BCUT2D eigenvalue weighted by Gasteiger charge is -2.09. The van der Waals surface area contributed by atoms with E-state index < -0.39 is 12.0 Å². The first-order valence-electron chi connectivity index (χ1n) is 4.89. The maximum Gasteiger partial charge on any atom is 0.451 e. The van der Waals surface area contributed by atoms with Crippen molar-refractivity contribution in [3.63, 3.8) is 0 Å².